The molecule has 1 aliphatic rings. The van der Waals surface area contributed by atoms with Crippen LogP contribution in [0.15, 0.2) is 24.4 Å². The zero-order valence-electron chi connectivity index (χ0n) is 19.3. The Hall–Kier alpha value is -3.76. The highest BCUT2D eigenvalue weighted by Gasteiger charge is 2.37. The highest BCUT2D eigenvalue weighted by Crippen LogP contribution is 2.40. The third-order valence-electron chi connectivity index (χ3n) is 5.41. The first-order valence-corrected chi connectivity index (χ1v) is 10.2. The van der Waals surface area contributed by atoms with E-state index in [4.69, 9.17) is 23.7 Å². The molecule has 0 radical (unpaired) electrons. The number of rotatable bonds is 8. The van der Waals surface area contributed by atoms with Gasteiger partial charge in [-0.1, -0.05) is 0 Å². The van der Waals surface area contributed by atoms with Gasteiger partial charge in [0.15, 0.2) is 11.5 Å². The Morgan fingerprint density at radius 3 is 2.00 bits per heavy atom. The molecule has 11 nitrogen and oxygen atoms in total. The molecule has 1 aliphatic heterocycles. The molecular formula is C22H28N4O7. The summed E-state index contributed by atoms with van der Waals surface area (Å²) in [7, 11) is 7.26. The maximum absolute atomic E-state index is 12.2. The van der Waals surface area contributed by atoms with Gasteiger partial charge in [-0.25, -0.2) is 4.98 Å². The van der Waals surface area contributed by atoms with Crippen LogP contribution in [0.2, 0.25) is 0 Å². The smallest absolute Gasteiger partial charge is 0.310 e. The number of piperidine rings is 1. The molecule has 1 fully saturated rings. The van der Waals surface area contributed by atoms with E-state index in [1.165, 1.54) is 35.5 Å². The third kappa shape index (κ3) is 5.36. The summed E-state index contributed by atoms with van der Waals surface area (Å²) in [6.07, 6.45) is 1.95. The molecule has 0 spiro atoms. The number of ether oxygens (including phenoxy) is 5. The molecule has 1 N–H and O–H groups in total. The molecule has 33 heavy (non-hydrogen) atoms. The Labute approximate surface area is 192 Å². The average Bonchev–Trinajstić information content (AvgIpc) is 2.86. The van der Waals surface area contributed by atoms with Gasteiger partial charge in [0, 0.05) is 37.1 Å². The lowest BCUT2D eigenvalue weighted by Crippen LogP contribution is -2.46. The highest BCUT2D eigenvalue weighted by atomic mass is 16.5. The SMILES string of the molecule is COC(=O)[C@@H]1C[C@H](C(=O)OC)CN(c2ccnc(Nc3cc(OC)c(OC)c(OC)c3)n2)C1. The summed E-state index contributed by atoms with van der Waals surface area (Å²) >= 11 is 0. The maximum atomic E-state index is 12.2. The lowest BCUT2D eigenvalue weighted by molar-refractivity contribution is -0.150. The monoisotopic (exact) mass is 460 g/mol. The van der Waals surface area contributed by atoms with Gasteiger partial charge in [-0.3, -0.25) is 9.59 Å². The summed E-state index contributed by atoms with van der Waals surface area (Å²) in [5.74, 6) is 0.595. The summed E-state index contributed by atoms with van der Waals surface area (Å²) in [6.45, 7) is 0.724. The van der Waals surface area contributed by atoms with Gasteiger partial charge in [0.1, 0.15) is 5.82 Å². The molecule has 178 valence electrons. The van der Waals surface area contributed by atoms with E-state index < -0.39 is 11.8 Å². The van der Waals surface area contributed by atoms with Crippen LogP contribution in [0.25, 0.3) is 0 Å². The molecule has 0 bridgehead atoms. The molecular weight excluding hydrogens is 432 g/mol. The number of carbonyl (C=O) groups excluding carboxylic acids is 2. The molecule has 2 aromatic rings. The van der Waals surface area contributed by atoms with E-state index >= 15 is 0 Å². The third-order valence-corrected chi connectivity index (χ3v) is 5.41. The second kappa shape index (κ2) is 10.7. The highest BCUT2D eigenvalue weighted by molar-refractivity contribution is 5.78. The Balaban J connectivity index is 1.87. The molecule has 1 aromatic carbocycles. The van der Waals surface area contributed by atoms with Gasteiger partial charge in [0.05, 0.1) is 47.4 Å². The number of nitrogens with one attached hydrogen (secondary N) is 1. The fourth-order valence-corrected chi connectivity index (χ4v) is 3.83. The van der Waals surface area contributed by atoms with Crippen molar-refractivity contribution in [2.45, 2.75) is 6.42 Å². The van der Waals surface area contributed by atoms with Crippen molar-refractivity contribution in [1.29, 1.82) is 0 Å². The predicted molar refractivity (Wildman–Crippen MR) is 119 cm³/mol. The van der Waals surface area contributed by atoms with Crippen LogP contribution in [0.5, 0.6) is 17.2 Å². The van der Waals surface area contributed by atoms with E-state index in [-0.39, 0.29) is 11.9 Å². The number of nitrogens with zero attached hydrogens (tertiary/aromatic N) is 3. The molecule has 1 saturated heterocycles. The van der Waals surface area contributed by atoms with Crippen LogP contribution in [-0.4, -0.2) is 70.5 Å². The average molecular weight is 460 g/mol. The second-order valence-corrected chi connectivity index (χ2v) is 7.36. The minimum atomic E-state index is -0.477. The number of carbonyl (C=O) groups is 2. The normalized spacial score (nSPS) is 17.7. The predicted octanol–water partition coefficient (Wildman–Crippen LogP) is 2.03. The Kier molecular flexibility index (Phi) is 7.75. The van der Waals surface area contributed by atoms with Crippen LogP contribution in [-0.2, 0) is 19.1 Å². The molecule has 2 atom stereocenters. The first-order chi connectivity index (χ1) is 15.9. The largest absolute Gasteiger partial charge is 0.493 e. The Morgan fingerprint density at radius 1 is 0.939 bits per heavy atom. The number of aromatic nitrogens is 2. The molecule has 0 aliphatic carbocycles. The van der Waals surface area contributed by atoms with E-state index in [1.807, 2.05) is 4.90 Å². The maximum Gasteiger partial charge on any atom is 0.310 e. The van der Waals surface area contributed by atoms with E-state index in [0.29, 0.717) is 54.2 Å². The second-order valence-electron chi connectivity index (χ2n) is 7.36. The molecule has 0 unspecified atom stereocenters. The van der Waals surface area contributed by atoms with Crippen molar-refractivity contribution in [3.05, 3.63) is 24.4 Å². The van der Waals surface area contributed by atoms with Gasteiger partial charge in [-0.05, 0) is 12.5 Å². The van der Waals surface area contributed by atoms with Crippen LogP contribution in [0, 0.1) is 11.8 Å². The number of esters is 2. The zero-order valence-corrected chi connectivity index (χ0v) is 19.3. The van der Waals surface area contributed by atoms with Gasteiger partial charge in [0.25, 0.3) is 0 Å². The number of anilines is 3. The van der Waals surface area contributed by atoms with Crippen molar-refractivity contribution in [1.82, 2.24) is 9.97 Å². The van der Waals surface area contributed by atoms with Crippen molar-refractivity contribution < 1.29 is 33.3 Å². The van der Waals surface area contributed by atoms with Gasteiger partial charge in [-0.2, -0.15) is 4.98 Å². The number of hydrogen-bond acceptors (Lipinski definition) is 11. The van der Waals surface area contributed by atoms with Gasteiger partial charge in [-0.15, -0.1) is 0 Å². The van der Waals surface area contributed by atoms with Crippen molar-refractivity contribution in [3.63, 3.8) is 0 Å². The molecule has 0 amide bonds. The summed E-state index contributed by atoms with van der Waals surface area (Å²) in [4.78, 5) is 35.1. The summed E-state index contributed by atoms with van der Waals surface area (Å²) in [5.41, 5.74) is 0.625. The molecule has 2 heterocycles. The Bertz CT molecular complexity index is 951. The Morgan fingerprint density at radius 2 is 1.52 bits per heavy atom. The first-order valence-electron chi connectivity index (χ1n) is 10.2. The number of hydrogen-bond donors (Lipinski definition) is 1. The van der Waals surface area contributed by atoms with E-state index in [0.717, 1.165) is 0 Å². The fraction of sp³-hybridized carbons (Fsp3) is 0.455. The van der Waals surface area contributed by atoms with Crippen LogP contribution in [0.3, 0.4) is 0 Å². The van der Waals surface area contributed by atoms with Gasteiger partial charge >= 0.3 is 11.9 Å². The summed E-state index contributed by atoms with van der Waals surface area (Å²) in [6, 6.07) is 5.19. The van der Waals surface area contributed by atoms with Crippen LogP contribution >= 0.6 is 0 Å². The van der Waals surface area contributed by atoms with Crippen LogP contribution in [0.4, 0.5) is 17.5 Å². The van der Waals surface area contributed by atoms with Gasteiger partial charge in [0.2, 0.25) is 11.7 Å². The standard InChI is InChI=1S/C22H28N4O7/c1-29-16-9-15(10-17(30-2)19(16)31-3)24-22-23-7-6-18(25-22)26-11-13(20(27)32-4)8-14(12-26)21(28)33-5/h6-7,9-10,13-14H,8,11-12H2,1-5H3,(H,23,24,25)/t13-,14+. The summed E-state index contributed by atoms with van der Waals surface area (Å²) < 4.78 is 25.9. The van der Waals surface area contributed by atoms with Crippen molar-refractivity contribution in [2.24, 2.45) is 11.8 Å². The quantitative estimate of drug-likeness (QED) is 0.582. The minimum absolute atomic E-state index is 0.316. The van der Waals surface area contributed by atoms with Crippen molar-refractivity contribution in [2.75, 3.05) is 58.9 Å². The summed E-state index contributed by atoms with van der Waals surface area (Å²) in [5, 5.41) is 3.13. The van der Waals surface area contributed by atoms with E-state index in [2.05, 4.69) is 15.3 Å². The fourth-order valence-electron chi connectivity index (χ4n) is 3.83. The lowest BCUT2D eigenvalue weighted by atomic mass is 9.89. The minimum Gasteiger partial charge on any atom is -0.493 e. The number of benzene rings is 1. The van der Waals surface area contributed by atoms with Crippen LogP contribution < -0.4 is 24.4 Å². The first kappa shape index (κ1) is 23.9. The number of methoxy groups -OCH3 is 5. The van der Waals surface area contributed by atoms with Crippen molar-refractivity contribution in [3.8, 4) is 17.2 Å². The molecule has 11 heteroatoms. The van der Waals surface area contributed by atoms with E-state index in [9.17, 15) is 9.59 Å². The van der Waals surface area contributed by atoms with Crippen LogP contribution in [0.1, 0.15) is 6.42 Å². The van der Waals surface area contributed by atoms with E-state index in [1.54, 1.807) is 24.4 Å². The molecule has 0 saturated carbocycles. The zero-order chi connectivity index (χ0) is 24.0. The van der Waals surface area contributed by atoms with Crippen molar-refractivity contribution >= 4 is 29.4 Å². The van der Waals surface area contributed by atoms with Gasteiger partial charge < -0.3 is 33.9 Å². The topological polar surface area (TPSA) is 121 Å². The molecule has 3 rings (SSSR count). The lowest BCUT2D eigenvalue weighted by Gasteiger charge is -2.36. The molecule has 1 aromatic heterocycles.